The van der Waals surface area contributed by atoms with Gasteiger partial charge in [-0.3, -0.25) is 4.79 Å². The van der Waals surface area contributed by atoms with E-state index in [1.807, 2.05) is 32.0 Å². The van der Waals surface area contributed by atoms with Crippen LogP contribution in [0.5, 0.6) is 0 Å². The Bertz CT molecular complexity index is 519. The molecular formula is C16H22N2O2S. The highest BCUT2D eigenvalue weighted by atomic mass is 32.1. The lowest BCUT2D eigenvalue weighted by Crippen LogP contribution is -2.44. The SMILES string of the molecule is CCOC(=O)[C@H]1CCCN(C(=S)Nc2cccc(C)c2)C1. The quantitative estimate of drug-likeness (QED) is 0.687. The van der Waals surface area contributed by atoms with Crippen molar-refractivity contribution in [2.24, 2.45) is 5.92 Å². The van der Waals surface area contributed by atoms with Crippen molar-refractivity contribution in [1.82, 2.24) is 4.90 Å². The molecule has 0 spiro atoms. The lowest BCUT2D eigenvalue weighted by Gasteiger charge is -2.33. The lowest BCUT2D eigenvalue weighted by atomic mass is 9.98. The van der Waals surface area contributed by atoms with E-state index in [1.165, 1.54) is 5.56 Å². The number of nitrogens with one attached hydrogen (secondary N) is 1. The summed E-state index contributed by atoms with van der Waals surface area (Å²) >= 11 is 5.47. The molecule has 4 nitrogen and oxygen atoms in total. The van der Waals surface area contributed by atoms with E-state index in [9.17, 15) is 4.79 Å². The van der Waals surface area contributed by atoms with Crippen LogP contribution in [-0.2, 0) is 9.53 Å². The summed E-state index contributed by atoms with van der Waals surface area (Å²) in [6.45, 7) is 5.83. The molecule has 0 unspecified atom stereocenters. The van der Waals surface area contributed by atoms with Crippen molar-refractivity contribution in [3.63, 3.8) is 0 Å². The van der Waals surface area contributed by atoms with Crippen molar-refractivity contribution >= 4 is 29.0 Å². The minimum Gasteiger partial charge on any atom is -0.466 e. The fraction of sp³-hybridized carbons (Fsp3) is 0.500. The highest BCUT2D eigenvalue weighted by molar-refractivity contribution is 7.80. The van der Waals surface area contributed by atoms with Crippen LogP contribution in [0.3, 0.4) is 0 Å². The summed E-state index contributed by atoms with van der Waals surface area (Å²) in [5.74, 6) is -0.184. The van der Waals surface area contributed by atoms with Crippen LogP contribution in [0.15, 0.2) is 24.3 Å². The zero-order valence-electron chi connectivity index (χ0n) is 12.6. The number of piperidine rings is 1. The smallest absolute Gasteiger partial charge is 0.310 e. The number of esters is 1. The molecule has 1 aliphatic heterocycles. The lowest BCUT2D eigenvalue weighted by molar-refractivity contribution is -0.149. The highest BCUT2D eigenvalue weighted by Gasteiger charge is 2.27. The predicted octanol–water partition coefficient (Wildman–Crippen LogP) is 2.97. The average Bonchev–Trinajstić information content (AvgIpc) is 2.47. The van der Waals surface area contributed by atoms with E-state index in [2.05, 4.69) is 16.3 Å². The number of hydrogen-bond donors (Lipinski definition) is 1. The summed E-state index contributed by atoms with van der Waals surface area (Å²) in [5, 5.41) is 3.92. The molecule has 0 aromatic heterocycles. The number of nitrogens with zero attached hydrogens (tertiary/aromatic N) is 1. The van der Waals surface area contributed by atoms with Crippen LogP contribution in [0.25, 0.3) is 0 Å². The largest absolute Gasteiger partial charge is 0.466 e. The van der Waals surface area contributed by atoms with Gasteiger partial charge in [-0.2, -0.15) is 0 Å². The standard InChI is InChI=1S/C16H22N2O2S/c1-3-20-15(19)13-7-5-9-18(11-13)16(21)17-14-8-4-6-12(2)10-14/h4,6,8,10,13H,3,5,7,9,11H2,1-2H3,(H,17,21)/t13-/m0/s1. The van der Waals surface area contributed by atoms with E-state index in [4.69, 9.17) is 17.0 Å². The summed E-state index contributed by atoms with van der Waals surface area (Å²) in [7, 11) is 0. The van der Waals surface area contributed by atoms with Gasteiger partial charge in [-0.25, -0.2) is 0 Å². The van der Waals surface area contributed by atoms with E-state index >= 15 is 0 Å². The zero-order chi connectivity index (χ0) is 15.2. The van der Waals surface area contributed by atoms with Gasteiger partial charge in [0.05, 0.1) is 12.5 Å². The number of carbonyl (C=O) groups excluding carboxylic acids is 1. The second-order valence-corrected chi connectivity index (χ2v) is 5.72. The van der Waals surface area contributed by atoms with E-state index in [-0.39, 0.29) is 11.9 Å². The minimum absolute atomic E-state index is 0.0732. The van der Waals surface area contributed by atoms with Gasteiger partial charge >= 0.3 is 5.97 Å². The Morgan fingerprint density at radius 3 is 3.05 bits per heavy atom. The Balaban J connectivity index is 1.94. The Morgan fingerprint density at radius 1 is 1.52 bits per heavy atom. The molecular weight excluding hydrogens is 284 g/mol. The number of carbonyl (C=O) groups is 1. The second kappa shape index (κ2) is 7.41. The van der Waals surface area contributed by atoms with Gasteiger partial charge < -0.3 is 15.0 Å². The molecule has 1 N–H and O–H groups in total. The molecule has 1 atom stereocenters. The topological polar surface area (TPSA) is 41.6 Å². The van der Waals surface area contributed by atoms with Crippen molar-refractivity contribution in [3.8, 4) is 0 Å². The minimum atomic E-state index is -0.111. The molecule has 5 heteroatoms. The number of ether oxygens (including phenoxy) is 1. The van der Waals surface area contributed by atoms with Crippen LogP contribution >= 0.6 is 12.2 Å². The van der Waals surface area contributed by atoms with Gasteiger partial charge in [0.1, 0.15) is 0 Å². The van der Waals surface area contributed by atoms with Crippen molar-refractivity contribution < 1.29 is 9.53 Å². The molecule has 2 rings (SSSR count). The number of aryl methyl sites for hydroxylation is 1. The summed E-state index contributed by atoms with van der Waals surface area (Å²) in [6.07, 6.45) is 1.83. The molecule has 114 valence electrons. The van der Waals surface area contributed by atoms with Gasteiger partial charge in [-0.05, 0) is 56.6 Å². The van der Waals surface area contributed by atoms with Crippen molar-refractivity contribution in [2.75, 3.05) is 25.0 Å². The molecule has 21 heavy (non-hydrogen) atoms. The van der Waals surface area contributed by atoms with Crippen LogP contribution < -0.4 is 5.32 Å². The number of anilines is 1. The summed E-state index contributed by atoms with van der Waals surface area (Å²) in [6, 6.07) is 8.09. The zero-order valence-corrected chi connectivity index (χ0v) is 13.4. The van der Waals surface area contributed by atoms with E-state index in [0.29, 0.717) is 18.3 Å². The second-order valence-electron chi connectivity index (χ2n) is 5.34. The maximum atomic E-state index is 11.9. The molecule has 1 heterocycles. The first-order chi connectivity index (χ1) is 10.1. The molecule has 1 saturated heterocycles. The predicted molar refractivity (Wildman–Crippen MR) is 88.3 cm³/mol. The number of thiocarbonyl (C=S) groups is 1. The van der Waals surface area contributed by atoms with Gasteiger partial charge in [0.2, 0.25) is 0 Å². The van der Waals surface area contributed by atoms with E-state index < -0.39 is 0 Å². The van der Waals surface area contributed by atoms with Gasteiger partial charge in [0.15, 0.2) is 5.11 Å². The fourth-order valence-corrected chi connectivity index (χ4v) is 2.82. The van der Waals surface area contributed by atoms with Crippen LogP contribution in [0, 0.1) is 12.8 Å². The molecule has 0 amide bonds. The van der Waals surface area contributed by atoms with Gasteiger partial charge in [0.25, 0.3) is 0 Å². The molecule has 0 aliphatic carbocycles. The van der Waals surface area contributed by atoms with Gasteiger partial charge in [-0.15, -0.1) is 0 Å². The van der Waals surface area contributed by atoms with Crippen molar-refractivity contribution in [2.45, 2.75) is 26.7 Å². The summed E-state index contributed by atoms with van der Waals surface area (Å²) in [5.41, 5.74) is 2.17. The average molecular weight is 306 g/mol. The van der Waals surface area contributed by atoms with Crippen LogP contribution in [0.4, 0.5) is 5.69 Å². The summed E-state index contributed by atoms with van der Waals surface area (Å²) in [4.78, 5) is 13.9. The Morgan fingerprint density at radius 2 is 2.33 bits per heavy atom. The van der Waals surface area contributed by atoms with Gasteiger partial charge in [0, 0.05) is 18.8 Å². The van der Waals surface area contributed by atoms with Crippen LogP contribution in [0.1, 0.15) is 25.3 Å². The maximum Gasteiger partial charge on any atom is 0.310 e. The third-order valence-corrected chi connectivity index (χ3v) is 3.96. The highest BCUT2D eigenvalue weighted by Crippen LogP contribution is 2.19. The Hall–Kier alpha value is -1.62. The van der Waals surface area contributed by atoms with E-state index in [1.54, 1.807) is 0 Å². The van der Waals surface area contributed by atoms with E-state index in [0.717, 1.165) is 25.1 Å². The molecule has 1 aliphatic rings. The third-order valence-electron chi connectivity index (χ3n) is 3.60. The number of benzene rings is 1. The molecule has 0 saturated carbocycles. The molecule has 0 radical (unpaired) electrons. The summed E-state index contributed by atoms with van der Waals surface area (Å²) < 4.78 is 5.11. The monoisotopic (exact) mass is 306 g/mol. The third kappa shape index (κ3) is 4.43. The number of hydrogen-bond acceptors (Lipinski definition) is 3. The van der Waals surface area contributed by atoms with Crippen LogP contribution in [-0.4, -0.2) is 35.7 Å². The number of likely N-dealkylation sites (tertiary alicyclic amines) is 1. The number of rotatable bonds is 3. The Kier molecular flexibility index (Phi) is 5.56. The fourth-order valence-electron chi connectivity index (χ4n) is 2.54. The van der Waals surface area contributed by atoms with Crippen molar-refractivity contribution in [3.05, 3.63) is 29.8 Å². The first-order valence-corrected chi connectivity index (χ1v) is 7.80. The molecule has 1 fully saturated rings. The van der Waals surface area contributed by atoms with Crippen LogP contribution in [0.2, 0.25) is 0 Å². The first kappa shape index (κ1) is 15.8. The van der Waals surface area contributed by atoms with Gasteiger partial charge in [-0.1, -0.05) is 12.1 Å². The first-order valence-electron chi connectivity index (χ1n) is 7.39. The normalized spacial score (nSPS) is 18.2. The molecule has 1 aromatic rings. The maximum absolute atomic E-state index is 11.9. The molecule has 0 bridgehead atoms. The van der Waals surface area contributed by atoms with Crippen molar-refractivity contribution in [1.29, 1.82) is 0 Å². The Labute approximate surface area is 131 Å². The molecule has 1 aromatic carbocycles.